The maximum absolute atomic E-state index is 12.6. The van der Waals surface area contributed by atoms with E-state index < -0.39 is 11.9 Å². The number of nitrogens with zero attached hydrogens (tertiary/aromatic N) is 6. The highest BCUT2D eigenvalue weighted by Gasteiger charge is 2.34. The normalized spacial score (nSPS) is 16.3. The molecule has 3 rings (SSSR count). The van der Waals surface area contributed by atoms with Gasteiger partial charge in [-0.05, 0) is 18.9 Å². The largest absolute Gasteiger partial charge is 0.435 e. The van der Waals surface area contributed by atoms with E-state index in [2.05, 4.69) is 15.1 Å². The number of nitriles is 1. The molecule has 0 atom stereocenters. The smallest absolute Gasteiger partial charge is 0.354 e. The number of alkyl halides is 3. The van der Waals surface area contributed by atoms with Gasteiger partial charge in [-0.25, -0.2) is 9.97 Å². The van der Waals surface area contributed by atoms with Gasteiger partial charge in [-0.1, -0.05) is 0 Å². The molecule has 23 heavy (non-hydrogen) atoms. The van der Waals surface area contributed by atoms with Crippen LogP contribution < -0.4 is 4.90 Å². The van der Waals surface area contributed by atoms with Crippen molar-refractivity contribution in [3.8, 4) is 6.07 Å². The van der Waals surface area contributed by atoms with Crippen molar-refractivity contribution >= 4 is 5.82 Å². The van der Waals surface area contributed by atoms with Crippen molar-refractivity contribution in [1.29, 1.82) is 5.26 Å². The molecule has 0 aromatic carbocycles. The molecule has 0 spiro atoms. The van der Waals surface area contributed by atoms with Crippen molar-refractivity contribution in [1.82, 2.24) is 19.7 Å². The van der Waals surface area contributed by atoms with Crippen LogP contribution in [0.3, 0.4) is 0 Å². The van der Waals surface area contributed by atoms with E-state index in [9.17, 15) is 13.2 Å². The molecule has 6 nitrogen and oxygen atoms in total. The van der Waals surface area contributed by atoms with Gasteiger partial charge in [-0.15, -0.1) is 0 Å². The number of halogens is 3. The first-order valence-corrected chi connectivity index (χ1v) is 7.07. The third kappa shape index (κ3) is 3.11. The molecule has 0 saturated carbocycles. The van der Waals surface area contributed by atoms with Crippen molar-refractivity contribution in [2.45, 2.75) is 25.1 Å². The molecule has 0 aliphatic carbocycles. The Morgan fingerprint density at radius 3 is 2.48 bits per heavy atom. The summed E-state index contributed by atoms with van der Waals surface area (Å²) in [5, 5.41) is 12.7. The minimum atomic E-state index is -4.42. The fraction of sp³-hybridized carbons (Fsp3) is 0.429. The molecule has 3 heterocycles. The summed E-state index contributed by atoms with van der Waals surface area (Å²) in [5.74, 6) is 0.518. The molecule has 2 aromatic rings. The highest BCUT2D eigenvalue weighted by atomic mass is 19.4. The maximum Gasteiger partial charge on any atom is 0.435 e. The molecule has 0 amide bonds. The molecule has 1 aliphatic heterocycles. The van der Waals surface area contributed by atoms with E-state index in [1.807, 2.05) is 11.0 Å². The first-order chi connectivity index (χ1) is 11.0. The van der Waals surface area contributed by atoms with Crippen molar-refractivity contribution in [2.24, 2.45) is 0 Å². The van der Waals surface area contributed by atoms with Crippen LogP contribution in [0.25, 0.3) is 0 Å². The number of piperidine rings is 1. The summed E-state index contributed by atoms with van der Waals surface area (Å²) < 4.78 is 39.2. The van der Waals surface area contributed by atoms with E-state index in [-0.39, 0.29) is 11.7 Å². The molecule has 1 saturated heterocycles. The van der Waals surface area contributed by atoms with Crippen LogP contribution in [0.2, 0.25) is 0 Å². The number of rotatable bonds is 2. The fourth-order valence-corrected chi connectivity index (χ4v) is 2.68. The molecular weight excluding hydrogens is 309 g/mol. The molecule has 1 aliphatic rings. The summed E-state index contributed by atoms with van der Waals surface area (Å²) in [4.78, 5) is 10.1. The number of hydrogen-bond acceptors (Lipinski definition) is 5. The van der Waals surface area contributed by atoms with Crippen molar-refractivity contribution in [3.63, 3.8) is 0 Å². The van der Waals surface area contributed by atoms with Gasteiger partial charge in [0.15, 0.2) is 17.2 Å². The summed E-state index contributed by atoms with van der Waals surface area (Å²) in [6, 6.07) is 2.89. The summed E-state index contributed by atoms with van der Waals surface area (Å²) in [5.41, 5.74) is -0.620. The molecule has 0 N–H and O–H groups in total. The van der Waals surface area contributed by atoms with Gasteiger partial charge in [0, 0.05) is 31.7 Å². The SMILES string of the molecule is N#Cc1nccnc1N1CCC(n2ccc(C(F)(F)F)n2)CC1. The zero-order chi connectivity index (χ0) is 16.4. The zero-order valence-electron chi connectivity index (χ0n) is 12.0. The van der Waals surface area contributed by atoms with E-state index >= 15 is 0 Å². The molecule has 1 fully saturated rings. The average molecular weight is 322 g/mol. The maximum atomic E-state index is 12.6. The van der Waals surface area contributed by atoms with Gasteiger partial charge in [0.1, 0.15) is 6.07 Å². The van der Waals surface area contributed by atoms with Crippen LogP contribution in [0.1, 0.15) is 30.3 Å². The Bertz CT molecular complexity index is 725. The molecule has 120 valence electrons. The summed E-state index contributed by atoms with van der Waals surface area (Å²) >= 11 is 0. The number of hydrogen-bond donors (Lipinski definition) is 0. The Balaban J connectivity index is 1.69. The van der Waals surface area contributed by atoms with Crippen molar-refractivity contribution in [3.05, 3.63) is 36.0 Å². The Kier molecular flexibility index (Phi) is 3.90. The molecule has 0 unspecified atom stereocenters. The molecule has 0 radical (unpaired) electrons. The van der Waals surface area contributed by atoms with Crippen LogP contribution in [0.15, 0.2) is 24.7 Å². The zero-order valence-corrected chi connectivity index (χ0v) is 12.0. The van der Waals surface area contributed by atoms with Crippen molar-refractivity contribution < 1.29 is 13.2 Å². The highest BCUT2D eigenvalue weighted by molar-refractivity contribution is 5.49. The topological polar surface area (TPSA) is 70.6 Å². The van der Waals surface area contributed by atoms with Gasteiger partial charge in [-0.3, -0.25) is 4.68 Å². The standard InChI is InChI=1S/C14H13F3N6/c15-14(16,17)12-3-8-23(21-12)10-1-6-22(7-2-10)13-11(9-18)19-4-5-20-13/h3-5,8,10H,1-2,6-7H2. The summed E-state index contributed by atoms with van der Waals surface area (Å²) in [6.45, 7) is 1.17. The molecule has 0 bridgehead atoms. The van der Waals surface area contributed by atoms with E-state index in [0.29, 0.717) is 31.7 Å². The average Bonchev–Trinajstić information content (AvgIpc) is 3.05. The van der Waals surface area contributed by atoms with Crippen LogP contribution in [0.5, 0.6) is 0 Å². The molecule has 2 aromatic heterocycles. The van der Waals surface area contributed by atoms with Crippen molar-refractivity contribution in [2.75, 3.05) is 18.0 Å². The monoisotopic (exact) mass is 322 g/mol. The van der Waals surface area contributed by atoms with Gasteiger partial charge < -0.3 is 4.90 Å². The van der Waals surface area contributed by atoms with Crippen LogP contribution in [0.4, 0.5) is 19.0 Å². The minimum Gasteiger partial charge on any atom is -0.354 e. The quantitative estimate of drug-likeness (QED) is 0.849. The second-order valence-corrected chi connectivity index (χ2v) is 5.24. The van der Waals surface area contributed by atoms with Gasteiger partial charge in [-0.2, -0.15) is 23.5 Å². The second kappa shape index (κ2) is 5.87. The van der Waals surface area contributed by atoms with E-state index in [4.69, 9.17) is 5.26 Å². The van der Waals surface area contributed by atoms with Gasteiger partial charge >= 0.3 is 6.18 Å². The third-order valence-corrected chi connectivity index (χ3v) is 3.82. The molecular formula is C14H13F3N6. The van der Waals surface area contributed by atoms with E-state index in [1.165, 1.54) is 23.3 Å². The lowest BCUT2D eigenvalue weighted by molar-refractivity contribution is -0.141. The van der Waals surface area contributed by atoms with Gasteiger partial charge in [0.05, 0.1) is 6.04 Å². The number of aromatic nitrogens is 4. The Morgan fingerprint density at radius 2 is 1.87 bits per heavy atom. The number of anilines is 1. The first-order valence-electron chi connectivity index (χ1n) is 7.07. The predicted molar refractivity (Wildman–Crippen MR) is 74.5 cm³/mol. The van der Waals surface area contributed by atoms with Gasteiger partial charge in [0.25, 0.3) is 0 Å². The lowest BCUT2D eigenvalue weighted by atomic mass is 10.1. The Hall–Kier alpha value is -2.63. The fourth-order valence-electron chi connectivity index (χ4n) is 2.68. The summed E-state index contributed by atoms with van der Waals surface area (Å²) in [6.07, 6.45) is 1.17. The van der Waals surface area contributed by atoms with Crippen LogP contribution >= 0.6 is 0 Å². The predicted octanol–water partition coefficient (Wildman–Crippen LogP) is 2.41. The van der Waals surface area contributed by atoms with Gasteiger partial charge in [0.2, 0.25) is 0 Å². The Morgan fingerprint density at radius 1 is 1.17 bits per heavy atom. The van der Waals surface area contributed by atoms with Crippen LogP contribution in [0, 0.1) is 11.3 Å². The first kappa shape index (κ1) is 15.3. The lowest BCUT2D eigenvalue weighted by Crippen LogP contribution is -2.36. The minimum absolute atomic E-state index is 0.0930. The highest BCUT2D eigenvalue weighted by Crippen LogP contribution is 2.30. The molecule has 9 heteroatoms. The Labute approximate surface area is 130 Å². The third-order valence-electron chi connectivity index (χ3n) is 3.82. The van der Waals surface area contributed by atoms with E-state index in [0.717, 1.165) is 6.07 Å². The second-order valence-electron chi connectivity index (χ2n) is 5.24. The summed E-state index contributed by atoms with van der Waals surface area (Å²) in [7, 11) is 0. The lowest BCUT2D eigenvalue weighted by Gasteiger charge is -2.32. The van der Waals surface area contributed by atoms with Crippen LogP contribution in [-0.2, 0) is 6.18 Å². The van der Waals surface area contributed by atoms with Crippen LogP contribution in [-0.4, -0.2) is 32.8 Å². The van der Waals surface area contributed by atoms with E-state index in [1.54, 1.807) is 0 Å².